The Morgan fingerprint density at radius 3 is 2.59 bits per heavy atom. The van der Waals surface area contributed by atoms with Gasteiger partial charge >= 0.3 is 0 Å². The molecule has 2 amide bonds. The quantitative estimate of drug-likeness (QED) is 0.162. The van der Waals surface area contributed by atoms with E-state index in [1.807, 2.05) is 54.6 Å². The molecule has 6 rings (SSSR count). The molecule has 2 aromatic carbocycles. The van der Waals surface area contributed by atoms with Gasteiger partial charge in [0, 0.05) is 29.5 Å². The van der Waals surface area contributed by atoms with Gasteiger partial charge in [-0.25, -0.2) is 13.4 Å². The molecule has 2 aliphatic carbocycles. The molecule has 3 aliphatic rings. The number of nitrogens with zero attached hydrogens (tertiary/aromatic N) is 2. The zero-order valence-corrected chi connectivity index (χ0v) is 26.5. The van der Waals surface area contributed by atoms with Crippen LogP contribution in [0, 0.1) is 0 Å². The van der Waals surface area contributed by atoms with E-state index < -0.39 is 51.0 Å². The molecule has 3 N–H and O–H groups in total. The molecule has 2 heterocycles. The van der Waals surface area contributed by atoms with Crippen LogP contribution in [0.15, 0.2) is 79.4 Å². The average molecular weight is 647 g/mol. The smallest absolute Gasteiger partial charge is 0.254 e. The van der Waals surface area contributed by atoms with Crippen molar-refractivity contribution in [3.05, 3.63) is 79.4 Å². The van der Waals surface area contributed by atoms with Crippen molar-refractivity contribution >= 4 is 32.7 Å². The molecule has 1 aromatic heterocycles. The Morgan fingerprint density at radius 1 is 1.17 bits per heavy atom. The number of benzene rings is 2. The second-order valence-corrected chi connectivity index (χ2v) is 14.2. The Bertz CT molecular complexity index is 1790. The summed E-state index contributed by atoms with van der Waals surface area (Å²) in [5.41, 5.74) is 1.63. The number of nitrogens with one attached hydrogen (secondary N) is 2. The maximum absolute atomic E-state index is 13.5. The number of aliphatic hydroxyl groups excluding tert-OH is 1. The SMILES string of the molecule is C=CC(=O)N1C[C@H](Oc2cc(-c3ccccc3)nc3cc(OC)ccc23)CC1C(O)N[C@]1(C(=O)NS(=O)(=O)C2CC2)CCC(=C)C1. The summed E-state index contributed by atoms with van der Waals surface area (Å²) in [6.07, 6.45) is 1.42. The molecule has 1 aliphatic heterocycles. The van der Waals surface area contributed by atoms with E-state index in [2.05, 4.69) is 23.2 Å². The first kappa shape index (κ1) is 31.7. The summed E-state index contributed by atoms with van der Waals surface area (Å²) in [7, 11) is -2.23. The van der Waals surface area contributed by atoms with Crippen molar-refractivity contribution in [3.8, 4) is 22.8 Å². The number of sulfonamides is 1. The van der Waals surface area contributed by atoms with Gasteiger partial charge in [0.15, 0.2) is 0 Å². The summed E-state index contributed by atoms with van der Waals surface area (Å²) in [6.45, 7) is 7.78. The number of ether oxygens (including phenoxy) is 2. The summed E-state index contributed by atoms with van der Waals surface area (Å²) in [4.78, 5) is 32.8. The van der Waals surface area contributed by atoms with Gasteiger partial charge in [-0.15, -0.1) is 0 Å². The van der Waals surface area contributed by atoms with Crippen LogP contribution < -0.4 is 19.5 Å². The molecule has 4 atom stereocenters. The number of methoxy groups -OCH3 is 1. The van der Waals surface area contributed by atoms with E-state index in [1.54, 1.807) is 7.11 Å². The number of amides is 2. The highest BCUT2D eigenvalue weighted by Crippen LogP contribution is 2.38. The zero-order chi connectivity index (χ0) is 32.6. The van der Waals surface area contributed by atoms with Gasteiger partial charge in [-0.2, -0.15) is 0 Å². The fourth-order valence-electron chi connectivity index (χ4n) is 6.36. The van der Waals surface area contributed by atoms with E-state index >= 15 is 0 Å². The summed E-state index contributed by atoms with van der Waals surface area (Å²) in [5.74, 6) is 0.0684. The van der Waals surface area contributed by atoms with Crippen LogP contribution in [0.5, 0.6) is 11.5 Å². The second kappa shape index (κ2) is 12.5. The normalized spacial score (nSPS) is 23.7. The van der Waals surface area contributed by atoms with E-state index in [-0.39, 0.29) is 25.8 Å². The summed E-state index contributed by atoms with van der Waals surface area (Å²) in [5, 5.41) is 14.8. The van der Waals surface area contributed by atoms with Crippen LogP contribution in [0.3, 0.4) is 0 Å². The maximum atomic E-state index is 13.5. The maximum Gasteiger partial charge on any atom is 0.254 e. The number of carbonyl (C=O) groups excluding carboxylic acids is 2. The van der Waals surface area contributed by atoms with Crippen LogP contribution in [-0.2, 0) is 19.6 Å². The van der Waals surface area contributed by atoms with Crippen molar-refractivity contribution in [1.82, 2.24) is 19.9 Å². The van der Waals surface area contributed by atoms with Crippen LogP contribution in [0.4, 0.5) is 0 Å². The van der Waals surface area contributed by atoms with Crippen molar-refractivity contribution in [3.63, 3.8) is 0 Å². The third-order valence-electron chi connectivity index (χ3n) is 8.98. The Morgan fingerprint density at radius 2 is 1.93 bits per heavy atom. The largest absolute Gasteiger partial charge is 0.497 e. The molecular weight excluding hydrogens is 608 g/mol. The van der Waals surface area contributed by atoms with E-state index in [0.717, 1.165) is 16.5 Å². The van der Waals surface area contributed by atoms with Crippen molar-refractivity contribution in [1.29, 1.82) is 0 Å². The fraction of sp³-hybridized carbons (Fsp3) is 0.382. The summed E-state index contributed by atoms with van der Waals surface area (Å²) in [6, 6.07) is 16.3. The monoisotopic (exact) mass is 646 g/mol. The van der Waals surface area contributed by atoms with Gasteiger partial charge in [-0.05, 0) is 50.3 Å². The highest BCUT2D eigenvalue weighted by Gasteiger charge is 2.50. The lowest BCUT2D eigenvalue weighted by Gasteiger charge is -2.35. The second-order valence-electron chi connectivity index (χ2n) is 12.3. The molecular formula is C34H38N4O7S. The van der Waals surface area contributed by atoms with Gasteiger partial charge in [-0.3, -0.25) is 19.6 Å². The van der Waals surface area contributed by atoms with Gasteiger partial charge in [-0.1, -0.05) is 49.1 Å². The molecule has 46 heavy (non-hydrogen) atoms. The highest BCUT2D eigenvalue weighted by molar-refractivity contribution is 7.91. The molecule has 0 radical (unpaired) electrons. The Labute approximate surface area is 268 Å². The van der Waals surface area contributed by atoms with Crippen molar-refractivity contribution < 1.29 is 32.6 Å². The van der Waals surface area contributed by atoms with Crippen LogP contribution in [0.25, 0.3) is 22.2 Å². The molecule has 3 aromatic rings. The third kappa shape index (κ3) is 6.37. The van der Waals surface area contributed by atoms with Crippen molar-refractivity contribution in [2.75, 3.05) is 13.7 Å². The standard InChI is InChI=1S/C34H38N4O7S/c1-4-31(39)38-20-24(45-30-18-27(22-8-6-5-7-9-22)35-28-16-23(44-3)10-13-26(28)30)17-29(38)32(40)36-34(15-14-21(2)19-34)33(41)37-46(42,43)25-11-12-25/h4-10,13,16,18,24-25,29,32,36,40H,1-2,11-12,14-15,17,19-20H2,3H3,(H,37,41)/t24-,29?,32?,34-/m1/s1. The molecule has 0 bridgehead atoms. The third-order valence-corrected chi connectivity index (χ3v) is 10.8. The predicted molar refractivity (Wildman–Crippen MR) is 173 cm³/mol. The topological polar surface area (TPSA) is 147 Å². The first-order valence-electron chi connectivity index (χ1n) is 15.3. The van der Waals surface area contributed by atoms with E-state index in [0.29, 0.717) is 42.0 Å². The molecule has 2 unspecified atom stereocenters. The van der Waals surface area contributed by atoms with Gasteiger partial charge < -0.3 is 19.5 Å². The fourth-order valence-corrected chi connectivity index (χ4v) is 7.74. The lowest BCUT2D eigenvalue weighted by molar-refractivity contribution is -0.131. The minimum Gasteiger partial charge on any atom is -0.497 e. The number of fused-ring (bicyclic) bond motifs is 1. The minimum absolute atomic E-state index is 0.150. The van der Waals surface area contributed by atoms with Gasteiger partial charge in [0.1, 0.15) is 29.4 Å². The number of rotatable bonds is 11. The molecule has 12 heteroatoms. The molecule has 3 fully saturated rings. The number of pyridine rings is 1. The lowest BCUT2D eigenvalue weighted by atomic mass is 9.95. The van der Waals surface area contributed by atoms with Crippen LogP contribution in [0.1, 0.15) is 38.5 Å². The number of aromatic nitrogens is 1. The van der Waals surface area contributed by atoms with E-state index in [4.69, 9.17) is 14.5 Å². The highest BCUT2D eigenvalue weighted by atomic mass is 32.2. The number of hydrogen-bond donors (Lipinski definition) is 3. The zero-order valence-electron chi connectivity index (χ0n) is 25.6. The Hall–Kier alpha value is -4.26. The number of hydrogen-bond acceptors (Lipinski definition) is 9. The van der Waals surface area contributed by atoms with Crippen LogP contribution >= 0.6 is 0 Å². The van der Waals surface area contributed by atoms with E-state index in [9.17, 15) is 23.1 Å². The summed E-state index contributed by atoms with van der Waals surface area (Å²) >= 11 is 0. The van der Waals surface area contributed by atoms with Crippen molar-refractivity contribution in [2.24, 2.45) is 0 Å². The molecule has 1 saturated heterocycles. The Kier molecular flexibility index (Phi) is 8.62. The van der Waals surface area contributed by atoms with Crippen LogP contribution in [-0.4, -0.2) is 78.0 Å². The first-order chi connectivity index (χ1) is 22.0. The summed E-state index contributed by atoms with van der Waals surface area (Å²) < 4.78 is 39.5. The molecule has 0 spiro atoms. The van der Waals surface area contributed by atoms with Gasteiger partial charge in [0.2, 0.25) is 15.9 Å². The lowest BCUT2D eigenvalue weighted by Crippen LogP contribution is -2.63. The van der Waals surface area contributed by atoms with Gasteiger partial charge in [0.25, 0.3) is 5.91 Å². The molecule has 2 saturated carbocycles. The number of carbonyl (C=O) groups is 2. The van der Waals surface area contributed by atoms with Crippen molar-refractivity contribution in [2.45, 2.75) is 67.7 Å². The molecule has 11 nitrogen and oxygen atoms in total. The van der Waals surface area contributed by atoms with Crippen LogP contribution in [0.2, 0.25) is 0 Å². The number of likely N-dealkylation sites (tertiary alicyclic amines) is 1. The van der Waals surface area contributed by atoms with E-state index in [1.165, 1.54) is 11.0 Å². The van der Waals surface area contributed by atoms with Gasteiger partial charge in [0.05, 0.1) is 36.2 Å². The average Bonchev–Trinajstić information content (AvgIpc) is 3.74. The number of aliphatic hydroxyl groups is 1. The first-order valence-corrected chi connectivity index (χ1v) is 16.9. The molecule has 242 valence electrons. The minimum atomic E-state index is -3.81. The predicted octanol–water partition coefficient (Wildman–Crippen LogP) is 3.44. The Balaban J connectivity index is 1.27.